The van der Waals surface area contributed by atoms with Crippen molar-refractivity contribution in [1.82, 2.24) is 19.7 Å². The lowest BCUT2D eigenvalue weighted by atomic mass is 10.1. The number of nitrogens with zero attached hydrogens (tertiary/aromatic N) is 5. The minimum atomic E-state index is -0.423. The maximum Gasteiger partial charge on any atom is 0.270 e. The van der Waals surface area contributed by atoms with Crippen LogP contribution in [0.15, 0.2) is 47.6 Å². The maximum atomic E-state index is 12.5. The molecule has 164 valence electrons. The van der Waals surface area contributed by atoms with Crippen LogP contribution >= 0.6 is 23.4 Å². The number of nitro benzene ring substituents is 1. The van der Waals surface area contributed by atoms with Gasteiger partial charge in [0, 0.05) is 34.6 Å². The Kier molecular flexibility index (Phi) is 6.66. The molecule has 0 unspecified atom stereocenters. The molecule has 4 rings (SSSR count). The monoisotopic (exact) mass is 469 g/mol. The number of non-ortho nitro benzene ring substituents is 1. The van der Waals surface area contributed by atoms with Gasteiger partial charge in [0.25, 0.3) is 5.69 Å². The third-order valence-electron chi connectivity index (χ3n) is 5.13. The molecule has 0 aliphatic carbocycles. The van der Waals surface area contributed by atoms with Crippen LogP contribution in [0.25, 0.3) is 22.1 Å². The molecule has 0 fully saturated rings. The van der Waals surface area contributed by atoms with E-state index < -0.39 is 4.92 Å². The molecule has 0 saturated heterocycles. The Morgan fingerprint density at radius 1 is 1.16 bits per heavy atom. The fourth-order valence-electron chi connectivity index (χ4n) is 3.50. The van der Waals surface area contributed by atoms with E-state index in [1.165, 1.54) is 23.9 Å². The van der Waals surface area contributed by atoms with Gasteiger partial charge >= 0.3 is 0 Å². The van der Waals surface area contributed by atoms with Gasteiger partial charge < -0.3 is 4.57 Å². The van der Waals surface area contributed by atoms with E-state index in [-0.39, 0.29) is 17.2 Å². The van der Waals surface area contributed by atoms with E-state index in [1.54, 1.807) is 30.3 Å². The predicted octanol–water partition coefficient (Wildman–Crippen LogP) is 5.71. The average molecular weight is 470 g/mol. The smallest absolute Gasteiger partial charge is 0.270 e. The van der Waals surface area contributed by atoms with Crippen molar-refractivity contribution < 1.29 is 9.72 Å². The number of carbonyl (C=O) groups is 1. The topological polar surface area (TPSA) is 104 Å². The molecule has 32 heavy (non-hydrogen) atoms. The first kappa shape index (κ1) is 22.2. The number of carbonyl (C=O) groups excluding carboxylic acids is 1. The van der Waals surface area contributed by atoms with Gasteiger partial charge in [-0.15, -0.1) is 10.2 Å². The van der Waals surface area contributed by atoms with Gasteiger partial charge in [0.1, 0.15) is 5.52 Å². The first-order chi connectivity index (χ1) is 15.5. The maximum absolute atomic E-state index is 12.5. The number of hydrogen-bond acceptors (Lipinski definition) is 7. The average Bonchev–Trinajstić information content (AvgIpc) is 3.10. The summed E-state index contributed by atoms with van der Waals surface area (Å²) in [6.07, 6.45) is 3.08. The number of Topliss-reactive ketones (excluding diaryl/α,β-unsaturated/α-hetero) is 1. The molecule has 2 aromatic carbocycles. The van der Waals surface area contributed by atoms with Crippen molar-refractivity contribution in [2.24, 2.45) is 0 Å². The molecule has 10 heteroatoms. The lowest BCUT2D eigenvalue weighted by Crippen LogP contribution is -2.04. The Morgan fingerprint density at radius 3 is 2.66 bits per heavy atom. The third kappa shape index (κ3) is 4.58. The van der Waals surface area contributed by atoms with Gasteiger partial charge in [0.2, 0.25) is 5.16 Å². The lowest BCUT2D eigenvalue weighted by molar-refractivity contribution is -0.384. The van der Waals surface area contributed by atoms with E-state index in [1.807, 2.05) is 4.57 Å². The van der Waals surface area contributed by atoms with Crippen LogP contribution in [0.1, 0.15) is 36.5 Å². The van der Waals surface area contributed by atoms with Crippen molar-refractivity contribution in [3.63, 3.8) is 0 Å². The number of ketones is 1. The molecule has 0 amide bonds. The summed E-state index contributed by atoms with van der Waals surface area (Å²) in [6.45, 7) is 2.85. The number of hydrogen-bond donors (Lipinski definition) is 0. The Labute approximate surface area is 193 Å². The minimum absolute atomic E-state index is 0.000999. The van der Waals surface area contributed by atoms with Crippen LogP contribution in [0.2, 0.25) is 5.02 Å². The molecule has 4 aromatic rings. The highest BCUT2D eigenvalue weighted by atomic mass is 35.5. The molecule has 0 aliphatic heterocycles. The molecule has 0 atom stereocenters. The van der Waals surface area contributed by atoms with E-state index in [0.717, 1.165) is 31.3 Å². The van der Waals surface area contributed by atoms with Crippen molar-refractivity contribution >= 4 is 56.9 Å². The Hall–Kier alpha value is -3.04. The van der Waals surface area contributed by atoms with Crippen LogP contribution in [0.4, 0.5) is 5.69 Å². The number of benzene rings is 2. The van der Waals surface area contributed by atoms with Crippen molar-refractivity contribution in [2.75, 3.05) is 5.75 Å². The van der Waals surface area contributed by atoms with Gasteiger partial charge in [-0.3, -0.25) is 14.9 Å². The molecule has 0 saturated carbocycles. The second-order valence-corrected chi connectivity index (χ2v) is 8.68. The first-order valence-electron chi connectivity index (χ1n) is 10.2. The number of fused-ring (bicyclic) bond motifs is 3. The van der Waals surface area contributed by atoms with E-state index >= 15 is 0 Å². The summed E-state index contributed by atoms with van der Waals surface area (Å²) in [7, 11) is 0. The molecule has 0 spiro atoms. The summed E-state index contributed by atoms with van der Waals surface area (Å²) >= 11 is 7.09. The minimum Gasteiger partial charge on any atom is -0.324 e. The Bertz CT molecular complexity index is 1310. The molecule has 0 radical (unpaired) electrons. The fraction of sp³-hybridized carbons (Fsp3) is 0.273. The van der Waals surface area contributed by atoms with Crippen LogP contribution in [0.3, 0.4) is 0 Å². The fourth-order valence-corrected chi connectivity index (χ4v) is 4.30. The van der Waals surface area contributed by atoms with Crippen LogP contribution in [-0.2, 0) is 6.54 Å². The third-order valence-corrected chi connectivity index (χ3v) is 6.21. The van der Waals surface area contributed by atoms with Gasteiger partial charge in [-0.05, 0) is 36.8 Å². The molecular weight excluding hydrogens is 450 g/mol. The standard InChI is InChI=1S/C22H20ClN5O3S/c1-2-3-4-11-27-18-10-9-16(28(30)31)12-17(18)20-21(27)24-22(26-25-20)32-13-19(29)14-5-7-15(23)8-6-14/h5-10,12H,2-4,11,13H2,1H3. The molecule has 8 nitrogen and oxygen atoms in total. The van der Waals surface area contributed by atoms with Crippen LogP contribution < -0.4 is 0 Å². The zero-order valence-corrected chi connectivity index (χ0v) is 18.9. The molecule has 2 aromatic heterocycles. The molecule has 0 aliphatic rings. The van der Waals surface area contributed by atoms with Gasteiger partial charge in [-0.1, -0.05) is 43.1 Å². The normalized spacial score (nSPS) is 11.3. The van der Waals surface area contributed by atoms with Gasteiger partial charge in [-0.25, -0.2) is 4.98 Å². The number of halogens is 1. The van der Waals surface area contributed by atoms with Gasteiger partial charge in [0.05, 0.1) is 16.2 Å². The number of nitro groups is 1. The van der Waals surface area contributed by atoms with Gasteiger partial charge in [0.15, 0.2) is 11.4 Å². The van der Waals surface area contributed by atoms with Crippen LogP contribution in [0.5, 0.6) is 0 Å². The Balaban J connectivity index is 1.67. The molecule has 0 bridgehead atoms. The number of unbranched alkanes of at least 4 members (excludes halogenated alkanes) is 2. The van der Waals surface area contributed by atoms with Crippen molar-refractivity contribution in [2.45, 2.75) is 37.9 Å². The predicted molar refractivity (Wildman–Crippen MR) is 126 cm³/mol. The second kappa shape index (κ2) is 9.62. The highest BCUT2D eigenvalue weighted by Gasteiger charge is 2.18. The summed E-state index contributed by atoms with van der Waals surface area (Å²) < 4.78 is 2.03. The largest absolute Gasteiger partial charge is 0.324 e. The lowest BCUT2D eigenvalue weighted by Gasteiger charge is -2.06. The highest BCUT2D eigenvalue weighted by Crippen LogP contribution is 2.30. The van der Waals surface area contributed by atoms with Crippen molar-refractivity contribution in [3.8, 4) is 0 Å². The summed E-state index contributed by atoms with van der Waals surface area (Å²) in [5, 5.41) is 21.3. The van der Waals surface area contributed by atoms with Crippen molar-refractivity contribution in [3.05, 3.63) is 63.2 Å². The van der Waals surface area contributed by atoms with E-state index in [0.29, 0.717) is 32.3 Å². The van der Waals surface area contributed by atoms with Gasteiger partial charge in [-0.2, -0.15) is 0 Å². The zero-order valence-electron chi connectivity index (χ0n) is 17.3. The summed E-state index contributed by atoms with van der Waals surface area (Å²) in [4.78, 5) is 27.9. The number of rotatable bonds is 9. The molecule has 0 N–H and O–H groups in total. The number of thioether (sulfide) groups is 1. The van der Waals surface area contributed by atoms with Crippen LogP contribution in [0, 0.1) is 10.1 Å². The summed E-state index contributed by atoms with van der Waals surface area (Å²) in [5.74, 6) is 0.102. The SMILES string of the molecule is CCCCCn1c2ccc([N+](=O)[O-])cc2c2nnc(SCC(=O)c3ccc(Cl)cc3)nc21. The summed E-state index contributed by atoms with van der Waals surface area (Å²) in [5.41, 5.74) is 2.54. The number of aromatic nitrogens is 4. The quantitative estimate of drug-likeness (QED) is 0.102. The Morgan fingerprint density at radius 2 is 1.94 bits per heavy atom. The van der Waals surface area contributed by atoms with E-state index in [2.05, 4.69) is 22.1 Å². The zero-order chi connectivity index (χ0) is 22.7. The molecule has 2 heterocycles. The van der Waals surface area contributed by atoms with Crippen LogP contribution in [-0.4, -0.2) is 36.2 Å². The van der Waals surface area contributed by atoms with Crippen molar-refractivity contribution in [1.29, 1.82) is 0 Å². The summed E-state index contributed by atoms with van der Waals surface area (Å²) in [6, 6.07) is 11.5. The first-order valence-corrected chi connectivity index (χ1v) is 11.6. The van der Waals surface area contributed by atoms with E-state index in [9.17, 15) is 14.9 Å². The number of aryl methyl sites for hydroxylation is 1. The second-order valence-electron chi connectivity index (χ2n) is 7.30. The molecular formula is C22H20ClN5O3S. The highest BCUT2D eigenvalue weighted by molar-refractivity contribution is 7.99. The van der Waals surface area contributed by atoms with E-state index in [4.69, 9.17) is 11.6 Å².